The standard InChI is InChI=1S/C40H51FN2O9/c1-7-11-29-33(49-20-10-21-50-35-23-32(44)30(22-25(35)8-2)26-12-16-28(41)17-13-26)18-14-27-15-19-34(51-36(27)29)37(45)42-24-31(38(46)48-9-3)43-39(47)52-40(4,5)6/h12-14,16-18,22-23,31,34,44H,7-11,15,19-21,24H2,1-6H3,(H,42,45)(H,43,47). The van der Waals surface area contributed by atoms with Gasteiger partial charge >= 0.3 is 12.1 Å². The Hall–Kier alpha value is -5.00. The Bertz CT molecular complexity index is 1690. The smallest absolute Gasteiger partial charge is 0.408 e. The van der Waals surface area contributed by atoms with Crippen LogP contribution in [-0.2, 0) is 38.3 Å². The molecular formula is C40H51FN2O9. The lowest BCUT2D eigenvalue weighted by molar-refractivity contribution is -0.145. The summed E-state index contributed by atoms with van der Waals surface area (Å²) in [7, 11) is 0. The number of ether oxygens (including phenoxy) is 5. The molecule has 2 amide bonds. The SMILES string of the molecule is CCCc1c(OCCCOc2cc(O)c(-c3ccc(F)cc3)cc2CC)ccc2c1OC(C(=O)NCC(NC(=O)OC(C)(C)C)C(=O)OCC)CC2. The molecule has 0 saturated heterocycles. The Morgan fingerprint density at radius 2 is 1.71 bits per heavy atom. The number of hydrogen-bond acceptors (Lipinski definition) is 9. The van der Waals surface area contributed by atoms with Crippen LogP contribution >= 0.6 is 0 Å². The maximum atomic E-state index is 13.4. The van der Waals surface area contributed by atoms with E-state index in [-0.39, 0.29) is 24.7 Å². The van der Waals surface area contributed by atoms with Gasteiger partial charge in [0.1, 0.15) is 40.5 Å². The van der Waals surface area contributed by atoms with Crippen LogP contribution < -0.4 is 24.8 Å². The first-order chi connectivity index (χ1) is 24.8. The second-order valence-electron chi connectivity index (χ2n) is 13.5. The number of hydrogen-bond donors (Lipinski definition) is 3. The number of halogens is 1. The summed E-state index contributed by atoms with van der Waals surface area (Å²) in [5.41, 5.74) is 3.34. The van der Waals surface area contributed by atoms with Gasteiger partial charge in [-0.2, -0.15) is 0 Å². The molecule has 2 unspecified atom stereocenters. The highest BCUT2D eigenvalue weighted by atomic mass is 19.1. The van der Waals surface area contributed by atoms with E-state index in [0.29, 0.717) is 73.7 Å². The average Bonchev–Trinajstić information content (AvgIpc) is 3.10. The van der Waals surface area contributed by atoms with Crippen LogP contribution in [0.1, 0.15) is 77.5 Å². The van der Waals surface area contributed by atoms with Crippen molar-refractivity contribution in [2.75, 3.05) is 26.4 Å². The summed E-state index contributed by atoms with van der Waals surface area (Å²) in [6, 6.07) is 12.2. The first kappa shape index (κ1) is 39.8. The van der Waals surface area contributed by atoms with E-state index in [1.807, 2.05) is 25.1 Å². The fourth-order valence-electron chi connectivity index (χ4n) is 5.81. The van der Waals surface area contributed by atoms with Crippen molar-refractivity contribution in [1.29, 1.82) is 0 Å². The number of rotatable bonds is 16. The van der Waals surface area contributed by atoms with Crippen molar-refractivity contribution in [3.05, 3.63) is 71.0 Å². The van der Waals surface area contributed by atoms with Gasteiger partial charge in [0.2, 0.25) is 0 Å². The molecule has 3 N–H and O–H groups in total. The van der Waals surface area contributed by atoms with E-state index in [4.69, 9.17) is 23.7 Å². The molecule has 2 atom stereocenters. The van der Waals surface area contributed by atoms with E-state index in [0.717, 1.165) is 23.1 Å². The predicted molar refractivity (Wildman–Crippen MR) is 194 cm³/mol. The van der Waals surface area contributed by atoms with E-state index in [2.05, 4.69) is 17.6 Å². The highest BCUT2D eigenvalue weighted by Crippen LogP contribution is 2.39. The minimum absolute atomic E-state index is 0.0524. The minimum atomic E-state index is -1.14. The van der Waals surface area contributed by atoms with Crippen molar-refractivity contribution in [2.24, 2.45) is 0 Å². The zero-order chi connectivity index (χ0) is 37.8. The molecule has 12 heteroatoms. The van der Waals surface area contributed by atoms with Crippen molar-refractivity contribution >= 4 is 18.0 Å². The van der Waals surface area contributed by atoms with Gasteiger partial charge in [-0.05, 0) is 94.3 Å². The van der Waals surface area contributed by atoms with Crippen LogP contribution in [-0.4, -0.2) is 67.2 Å². The number of phenolic OH excluding ortho intramolecular Hbond substituents is 1. The van der Waals surface area contributed by atoms with Crippen LogP contribution in [0.15, 0.2) is 48.5 Å². The Kier molecular flexibility index (Phi) is 14.1. The molecule has 0 fully saturated rings. The summed E-state index contributed by atoms with van der Waals surface area (Å²) >= 11 is 0. The van der Waals surface area contributed by atoms with E-state index >= 15 is 0 Å². The van der Waals surface area contributed by atoms with Crippen molar-refractivity contribution in [2.45, 2.75) is 97.8 Å². The monoisotopic (exact) mass is 722 g/mol. The lowest BCUT2D eigenvalue weighted by Gasteiger charge is -2.29. The number of alkyl carbamates (subject to hydrolysis) is 1. The van der Waals surface area contributed by atoms with Crippen molar-refractivity contribution in [3.63, 3.8) is 0 Å². The largest absolute Gasteiger partial charge is 0.507 e. The molecule has 3 aromatic carbocycles. The van der Waals surface area contributed by atoms with Gasteiger partial charge in [0.05, 0.1) is 19.8 Å². The van der Waals surface area contributed by atoms with E-state index < -0.39 is 35.7 Å². The number of carbonyl (C=O) groups excluding carboxylic acids is 3. The van der Waals surface area contributed by atoms with Crippen LogP contribution in [0.2, 0.25) is 0 Å². The summed E-state index contributed by atoms with van der Waals surface area (Å²) in [6.45, 7) is 11.5. The predicted octanol–water partition coefficient (Wildman–Crippen LogP) is 6.83. The van der Waals surface area contributed by atoms with Crippen LogP contribution in [0.3, 0.4) is 0 Å². The average molecular weight is 723 g/mol. The molecule has 282 valence electrons. The van der Waals surface area contributed by atoms with Gasteiger partial charge in [-0.3, -0.25) is 4.79 Å². The third kappa shape index (κ3) is 11.0. The number of aryl methyl sites for hydroxylation is 2. The molecule has 11 nitrogen and oxygen atoms in total. The summed E-state index contributed by atoms with van der Waals surface area (Å²) in [5, 5.41) is 15.9. The molecular weight excluding hydrogens is 671 g/mol. The molecule has 0 saturated carbocycles. The highest BCUT2D eigenvalue weighted by Gasteiger charge is 2.31. The van der Waals surface area contributed by atoms with E-state index in [9.17, 15) is 23.9 Å². The van der Waals surface area contributed by atoms with Crippen molar-refractivity contribution in [1.82, 2.24) is 10.6 Å². The number of fused-ring (bicyclic) bond motifs is 1. The number of aromatic hydroxyl groups is 1. The maximum absolute atomic E-state index is 13.4. The Morgan fingerprint density at radius 1 is 1.00 bits per heavy atom. The first-order valence-electron chi connectivity index (χ1n) is 18.0. The summed E-state index contributed by atoms with van der Waals surface area (Å²) in [4.78, 5) is 38.2. The second-order valence-corrected chi connectivity index (χ2v) is 13.5. The Balaban J connectivity index is 1.35. The normalized spacial score (nSPS) is 14.3. The minimum Gasteiger partial charge on any atom is -0.507 e. The number of amides is 2. The Labute approximate surface area is 305 Å². The molecule has 0 bridgehead atoms. The van der Waals surface area contributed by atoms with Crippen LogP contribution in [0.4, 0.5) is 9.18 Å². The van der Waals surface area contributed by atoms with E-state index in [1.54, 1.807) is 45.9 Å². The van der Waals surface area contributed by atoms with Crippen molar-refractivity contribution in [3.8, 4) is 34.1 Å². The zero-order valence-corrected chi connectivity index (χ0v) is 30.9. The van der Waals surface area contributed by atoms with Crippen molar-refractivity contribution < 1.29 is 47.6 Å². The molecule has 0 aromatic heterocycles. The summed E-state index contributed by atoms with van der Waals surface area (Å²) in [6.07, 6.45) is 2.19. The number of nitrogens with one attached hydrogen (secondary N) is 2. The Morgan fingerprint density at radius 3 is 2.37 bits per heavy atom. The molecule has 1 aliphatic heterocycles. The summed E-state index contributed by atoms with van der Waals surface area (Å²) < 4.78 is 42.3. The van der Waals surface area contributed by atoms with Gasteiger partial charge in [0.25, 0.3) is 5.91 Å². The fraction of sp³-hybridized carbons (Fsp3) is 0.475. The van der Waals surface area contributed by atoms with Crippen LogP contribution in [0, 0.1) is 5.82 Å². The third-order valence-corrected chi connectivity index (χ3v) is 8.29. The number of benzene rings is 3. The molecule has 0 aliphatic carbocycles. The molecule has 4 rings (SSSR count). The van der Waals surface area contributed by atoms with Crippen LogP contribution in [0.25, 0.3) is 11.1 Å². The lowest BCUT2D eigenvalue weighted by Crippen LogP contribution is -2.52. The second kappa shape index (κ2) is 18.5. The van der Waals surface area contributed by atoms with Gasteiger partial charge in [0, 0.05) is 30.2 Å². The van der Waals surface area contributed by atoms with Gasteiger partial charge in [0.15, 0.2) is 6.10 Å². The van der Waals surface area contributed by atoms with Crippen LogP contribution in [0.5, 0.6) is 23.0 Å². The maximum Gasteiger partial charge on any atom is 0.408 e. The molecule has 1 heterocycles. The highest BCUT2D eigenvalue weighted by molar-refractivity contribution is 5.85. The fourth-order valence-corrected chi connectivity index (χ4v) is 5.81. The topological polar surface area (TPSA) is 142 Å². The van der Waals surface area contributed by atoms with Gasteiger partial charge < -0.3 is 39.4 Å². The quantitative estimate of drug-likeness (QED) is 0.107. The number of phenols is 1. The first-order valence-corrected chi connectivity index (χ1v) is 18.0. The lowest BCUT2D eigenvalue weighted by atomic mass is 9.96. The molecule has 0 radical (unpaired) electrons. The van der Waals surface area contributed by atoms with Gasteiger partial charge in [-0.1, -0.05) is 38.5 Å². The zero-order valence-electron chi connectivity index (χ0n) is 30.9. The third-order valence-electron chi connectivity index (χ3n) is 8.29. The van der Waals surface area contributed by atoms with Gasteiger partial charge in [-0.25, -0.2) is 14.0 Å². The molecule has 52 heavy (non-hydrogen) atoms. The molecule has 1 aliphatic rings. The number of carbonyl (C=O) groups is 3. The molecule has 0 spiro atoms. The summed E-state index contributed by atoms with van der Waals surface area (Å²) in [5.74, 6) is 0.480. The van der Waals surface area contributed by atoms with Gasteiger partial charge in [-0.15, -0.1) is 0 Å². The molecule has 3 aromatic rings. The van der Waals surface area contributed by atoms with E-state index in [1.165, 1.54) is 12.1 Å². The number of esters is 1.